The molecule has 4 nitrogen and oxygen atoms in total. The van der Waals surface area contributed by atoms with E-state index in [0.717, 1.165) is 4.68 Å². The molecule has 0 atom stereocenters. The lowest BCUT2D eigenvalue weighted by Crippen LogP contribution is -2.39. The fourth-order valence-corrected chi connectivity index (χ4v) is 1.43. The molecule has 0 unspecified atom stereocenters. The molecule has 0 radical (unpaired) electrons. The summed E-state index contributed by atoms with van der Waals surface area (Å²) < 4.78 is -2.72. The normalized spacial score (nSPS) is 14.2. The average molecular weight is 326 g/mol. The van der Waals surface area contributed by atoms with Crippen LogP contribution in [0.1, 0.15) is 26.6 Å². The van der Waals surface area contributed by atoms with Gasteiger partial charge >= 0.3 is 0 Å². The summed E-state index contributed by atoms with van der Waals surface area (Å²) in [6, 6.07) is 0. The summed E-state index contributed by atoms with van der Waals surface area (Å²) in [4.78, 5) is 0. The van der Waals surface area contributed by atoms with Gasteiger partial charge in [0.25, 0.3) is 4.46 Å². The maximum Gasteiger partial charge on any atom is 0.259 e. The molecule has 0 fully saturated rings. The molecule has 1 aromatic heterocycles. The van der Waals surface area contributed by atoms with E-state index in [0.29, 0.717) is 5.82 Å². The molecule has 0 amide bonds. The van der Waals surface area contributed by atoms with Crippen LogP contribution in [0.25, 0.3) is 0 Å². The Morgan fingerprint density at radius 1 is 1.00 bits per heavy atom. The van der Waals surface area contributed by atoms with E-state index in [1.165, 1.54) is 0 Å². The molecule has 1 rings (SSSR count). The first-order valence-corrected chi connectivity index (χ1v) is 6.11. The van der Waals surface area contributed by atoms with Crippen molar-refractivity contribution in [2.45, 2.75) is 34.4 Å². The van der Waals surface area contributed by atoms with Crippen molar-refractivity contribution in [1.82, 2.24) is 20.2 Å². The van der Waals surface area contributed by atoms with Crippen LogP contribution >= 0.6 is 58.0 Å². The molecule has 0 saturated carbocycles. The van der Waals surface area contributed by atoms with Crippen LogP contribution in [0.15, 0.2) is 0 Å². The van der Waals surface area contributed by atoms with E-state index in [2.05, 4.69) is 15.5 Å². The monoisotopic (exact) mass is 324 g/mol. The van der Waals surface area contributed by atoms with Crippen LogP contribution in [0.4, 0.5) is 0 Å². The number of alkyl halides is 5. The second-order valence-electron chi connectivity index (χ2n) is 4.20. The Morgan fingerprint density at radius 2 is 1.50 bits per heavy atom. The Balaban J connectivity index is 3.31. The van der Waals surface area contributed by atoms with Gasteiger partial charge in [0.1, 0.15) is 0 Å². The smallest absolute Gasteiger partial charge is 0.189 e. The van der Waals surface area contributed by atoms with E-state index in [-0.39, 0.29) is 5.41 Å². The van der Waals surface area contributed by atoms with Gasteiger partial charge in [0.2, 0.25) is 3.79 Å². The molecule has 0 aromatic carbocycles. The molecule has 9 heteroatoms. The summed E-state index contributed by atoms with van der Waals surface area (Å²) in [5, 5.41) is 11.0. The number of halogens is 5. The Labute approximate surface area is 118 Å². The highest BCUT2D eigenvalue weighted by Gasteiger charge is 2.51. The first-order valence-electron chi connectivity index (χ1n) is 4.22. The van der Waals surface area contributed by atoms with Crippen molar-refractivity contribution in [2.24, 2.45) is 0 Å². The van der Waals surface area contributed by atoms with E-state index in [1.54, 1.807) is 0 Å². The zero-order valence-electron chi connectivity index (χ0n) is 8.68. The first kappa shape index (κ1) is 14.6. The van der Waals surface area contributed by atoms with E-state index in [1.807, 2.05) is 20.8 Å². The van der Waals surface area contributed by atoms with Crippen molar-refractivity contribution >= 4 is 58.0 Å². The zero-order chi connectivity index (χ0) is 12.8. The summed E-state index contributed by atoms with van der Waals surface area (Å²) in [7, 11) is 0. The molecule has 0 spiro atoms. The SMILES string of the molecule is CC(C)(C)c1nnnn1C(Cl)(Cl)C(Cl)(Cl)Cl. The fraction of sp³-hybridized carbons (Fsp3) is 0.857. The fourth-order valence-electron chi connectivity index (χ4n) is 0.964. The standard InChI is InChI=1S/C7H9Cl5N4/c1-5(2,3)4-13-14-15-16(4)7(11,12)6(8,9)10/h1-3H3. The van der Waals surface area contributed by atoms with Crippen molar-refractivity contribution in [3.8, 4) is 0 Å². The summed E-state index contributed by atoms with van der Waals surface area (Å²) in [5.41, 5.74) is -0.381. The Kier molecular flexibility index (Phi) is 3.94. The van der Waals surface area contributed by atoms with Gasteiger partial charge in [-0.2, -0.15) is 4.68 Å². The van der Waals surface area contributed by atoms with Crippen LogP contribution in [0.5, 0.6) is 0 Å². The molecular formula is C7H9Cl5N4. The van der Waals surface area contributed by atoms with Crippen LogP contribution < -0.4 is 0 Å². The number of hydrogen-bond donors (Lipinski definition) is 0. The van der Waals surface area contributed by atoms with Gasteiger partial charge in [0, 0.05) is 5.41 Å². The summed E-state index contributed by atoms with van der Waals surface area (Å²) in [5.74, 6) is 0.420. The highest BCUT2D eigenvalue weighted by Crippen LogP contribution is 2.49. The number of hydrogen-bond acceptors (Lipinski definition) is 3. The van der Waals surface area contributed by atoms with Gasteiger partial charge in [-0.05, 0) is 10.4 Å². The molecule has 1 heterocycles. The molecule has 1 aromatic rings. The Hall–Kier alpha value is 0.520. The first-order chi connectivity index (χ1) is 6.98. The van der Waals surface area contributed by atoms with Crippen LogP contribution in [0, 0.1) is 0 Å². The number of tetrazole rings is 1. The zero-order valence-corrected chi connectivity index (χ0v) is 12.5. The number of rotatable bonds is 1. The van der Waals surface area contributed by atoms with Gasteiger partial charge in [-0.3, -0.25) is 0 Å². The van der Waals surface area contributed by atoms with Crippen molar-refractivity contribution in [3.63, 3.8) is 0 Å². The maximum absolute atomic E-state index is 5.98. The maximum atomic E-state index is 5.98. The summed E-state index contributed by atoms with van der Waals surface area (Å²) in [6.45, 7) is 5.66. The van der Waals surface area contributed by atoms with Gasteiger partial charge in [-0.15, -0.1) is 5.10 Å². The largest absolute Gasteiger partial charge is 0.259 e. The third-order valence-corrected chi connectivity index (χ3v) is 4.04. The van der Waals surface area contributed by atoms with Crippen molar-refractivity contribution < 1.29 is 0 Å². The quantitative estimate of drug-likeness (QED) is 0.743. The lowest BCUT2D eigenvalue weighted by molar-refractivity contribution is 0.437. The van der Waals surface area contributed by atoms with E-state index in [9.17, 15) is 0 Å². The second-order valence-corrected chi connectivity index (χ2v) is 7.77. The minimum atomic E-state index is -1.95. The predicted octanol–water partition coefficient (Wildman–Crippen LogP) is 3.43. The van der Waals surface area contributed by atoms with Crippen molar-refractivity contribution in [1.29, 1.82) is 0 Å². The summed E-state index contributed by atoms with van der Waals surface area (Å²) in [6.07, 6.45) is 0. The topological polar surface area (TPSA) is 43.6 Å². The predicted molar refractivity (Wildman–Crippen MR) is 66.5 cm³/mol. The lowest BCUT2D eigenvalue weighted by Gasteiger charge is -2.30. The van der Waals surface area contributed by atoms with E-state index < -0.39 is 8.25 Å². The van der Waals surface area contributed by atoms with Crippen LogP contribution in [-0.2, 0) is 9.87 Å². The van der Waals surface area contributed by atoms with Gasteiger partial charge in [0.15, 0.2) is 5.82 Å². The molecule has 0 aliphatic rings. The minimum absolute atomic E-state index is 0.381. The Morgan fingerprint density at radius 3 is 1.88 bits per heavy atom. The van der Waals surface area contributed by atoms with E-state index in [4.69, 9.17) is 58.0 Å². The van der Waals surface area contributed by atoms with Crippen LogP contribution in [-0.4, -0.2) is 24.0 Å². The lowest BCUT2D eigenvalue weighted by atomic mass is 9.96. The highest BCUT2D eigenvalue weighted by atomic mass is 35.6. The molecule has 16 heavy (non-hydrogen) atoms. The third-order valence-electron chi connectivity index (χ3n) is 1.75. The minimum Gasteiger partial charge on any atom is -0.189 e. The van der Waals surface area contributed by atoms with Gasteiger partial charge in [-0.1, -0.05) is 78.8 Å². The molecular weight excluding hydrogens is 317 g/mol. The van der Waals surface area contributed by atoms with Gasteiger partial charge < -0.3 is 0 Å². The number of aromatic nitrogens is 4. The molecule has 0 saturated heterocycles. The number of nitrogens with zero attached hydrogens (tertiary/aromatic N) is 4. The average Bonchev–Trinajstić information content (AvgIpc) is 2.47. The van der Waals surface area contributed by atoms with Gasteiger partial charge in [-0.25, -0.2) is 0 Å². The molecule has 0 N–H and O–H groups in total. The van der Waals surface area contributed by atoms with E-state index >= 15 is 0 Å². The van der Waals surface area contributed by atoms with Gasteiger partial charge in [0.05, 0.1) is 0 Å². The second kappa shape index (κ2) is 4.32. The Bertz CT molecular complexity index is 375. The summed E-state index contributed by atoms with van der Waals surface area (Å²) >= 11 is 29.0. The van der Waals surface area contributed by atoms with Crippen LogP contribution in [0.2, 0.25) is 0 Å². The molecule has 92 valence electrons. The molecule has 0 bridgehead atoms. The van der Waals surface area contributed by atoms with Crippen molar-refractivity contribution in [3.05, 3.63) is 5.82 Å². The van der Waals surface area contributed by atoms with Crippen molar-refractivity contribution in [2.75, 3.05) is 0 Å². The van der Waals surface area contributed by atoms with Crippen LogP contribution in [0.3, 0.4) is 0 Å². The highest BCUT2D eigenvalue weighted by molar-refractivity contribution is 6.74. The third kappa shape index (κ3) is 2.67. The molecule has 0 aliphatic carbocycles. The molecule has 0 aliphatic heterocycles.